The molecule has 0 bridgehead atoms. The zero-order valence-corrected chi connectivity index (χ0v) is 10.1. The lowest BCUT2D eigenvalue weighted by Crippen LogP contribution is -1.97. The normalized spacial score (nSPS) is 10.4. The lowest BCUT2D eigenvalue weighted by molar-refractivity contribution is -0.385. The summed E-state index contributed by atoms with van der Waals surface area (Å²) in [4.78, 5) is 20.1. The quantitative estimate of drug-likeness (QED) is 0.512. The number of nitro benzene ring substituents is 1. The van der Waals surface area contributed by atoms with Gasteiger partial charge in [-0.3, -0.25) is 10.1 Å². The minimum Gasteiger partial charge on any atom is -0.488 e. The van der Waals surface area contributed by atoms with Crippen LogP contribution in [0, 0.1) is 10.1 Å². The molecule has 0 radical (unpaired) electrons. The van der Waals surface area contributed by atoms with E-state index in [2.05, 4.69) is 15.9 Å². The summed E-state index contributed by atoms with van der Waals surface area (Å²) in [6.07, 6.45) is 2.29. The number of non-ortho nitro benzene ring substituents is 1. The van der Waals surface area contributed by atoms with E-state index < -0.39 is 10.9 Å². The topological polar surface area (TPSA) is 89.7 Å². The summed E-state index contributed by atoms with van der Waals surface area (Å²) in [5, 5.41) is 18.8. The molecule has 0 unspecified atom stereocenters. The van der Waals surface area contributed by atoms with Crippen LogP contribution in [0.3, 0.4) is 0 Å². The number of carboxylic acids is 1. The molecule has 0 aliphatic carbocycles. The lowest BCUT2D eigenvalue weighted by Gasteiger charge is -2.04. The Morgan fingerprint density at radius 3 is 2.82 bits per heavy atom. The second kappa shape index (κ2) is 6.00. The molecular weight excluding hydrogens is 294 g/mol. The van der Waals surface area contributed by atoms with Crippen molar-refractivity contribution in [1.82, 2.24) is 0 Å². The van der Waals surface area contributed by atoms with Crippen LogP contribution >= 0.6 is 15.9 Å². The van der Waals surface area contributed by atoms with Crippen LogP contribution in [0.2, 0.25) is 0 Å². The average molecular weight is 302 g/mol. The number of carbonyl (C=O) groups is 1. The Kier molecular flexibility index (Phi) is 4.65. The third-order valence-corrected chi connectivity index (χ3v) is 2.34. The molecule has 0 saturated carbocycles. The fourth-order valence-electron chi connectivity index (χ4n) is 1.01. The molecule has 0 heterocycles. The van der Waals surface area contributed by atoms with Crippen molar-refractivity contribution >= 4 is 27.6 Å². The molecule has 0 saturated heterocycles. The van der Waals surface area contributed by atoms with Crippen LogP contribution in [0.1, 0.15) is 0 Å². The molecular formula is C10H8BrNO5. The number of hydrogen-bond acceptors (Lipinski definition) is 4. The van der Waals surface area contributed by atoms with Crippen LogP contribution in [-0.2, 0) is 4.79 Å². The Hall–Kier alpha value is -1.89. The van der Waals surface area contributed by atoms with E-state index in [9.17, 15) is 14.9 Å². The molecule has 0 aliphatic rings. The third kappa shape index (κ3) is 4.23. The van der Waals surface area contributed by atoms with E-state index in [1.807, 2.05) is 0 Å². The maximum Gasteiger partial charge on any atom is 0.328 e. The molecule has 7 heteroatoms. The average Bonchev–Trinajstić information content (AvgIpc) is 2.25. The number of benzene rings is 1. The van der Waals surface area contributed by atoms with E-state index in [0.29, 0.717) is 10.2 Å². The number of ether oxygens (including phenoxy) is 1. The minimum absolute atomic E-state index is 0.0506. The highest BCUT2D eigenvalue weighted by Crippen LogP contribution is 2.28. The van der Waals surface area contributed by atoms with Gasteiger partial charge in [0.15, 0.2) is 0 Å². The molecule has 90 valence electrons. The van der Waals surface area contributed by atoms with E-state index in [1.54, 1.807) is 0 Å². The number of hydrogen-bond donors (Lipinski definition) is 1. The molecule has 0 atom stereocenters. The second-order valence-electron chi connectivity index (χ2n) is 2.92. The first-order chi connectivity index (χ1) is 8.00. The van der Waals surface area contributed by atoms with E-state index in [0.717, 1.165) is 6.08 Å². The molecule has 17 heavy (non-hydrogen) atoms. The Morgan fingerprint density at radius 2 is 2.29 bits per heavy atom. The van der Waals surface area contributed by atoms with Crippen LogP contribution in [-0.4, -0.2) is 22.6 Å². The Bertz CT molecular complexity index is 472. The zero-order chi connectivity index (χ0) is 12.8. The van der Waals surface area contributed by atoms with Gasteiger partial charge >= 0.3 is 5.97 Å². The standard InChI is InChI=1S/C10H8BrNO5/c11-8-6-7(12(15)16)3-4-9(8)17-5-1-2-10(13)14/h1-4,6H,5H2,(H,13,14). The van der Waals surface area contributed by atoms with Gasteiger partial charge in [0.1, 0.15) is 12.4 Å². The highest BCUT2D eigenvalue weighted by molar-refractivity contribution is 9.10. The summed E-state index contributed by atoms with van der Waals surface area (Å²) in [5.74, 6) is -0.651. The van der Waals surface area contributed by atoms with Gasteiger partial charge in [-0.1, -0.05) is 0 Å². The first-order valence-electron chi connectivity index (χ1n) is 4.47. The fraction of sp³-hybridized carbons (Fsp3) is 0.100. The summed E-state index contributed by atoms with van der Waals surface area (Å²) in [6, 6.07) is 4.06. The molecule has 6 nitrogen and oxygen atoms in total. The van der Waals surface area contributed by atoms with Gasteiger partial charge < -0.3 is 9.84 Å². The maximum atomic E-state index is 10.5. The predicted molar refractivity (Wildman–Crippen MR) is 63.1 cm³/mol. The molecule has 0 aromatic heterocycles. The largest absolute Gasteiger partial charge is 0.488 e. The van der Waals surface area contributed by atoms with Crippen LogP contribution in [0.5, 0.6) is 5.75 Å². The van der Waals surface area contributed by atoms with Gasteiger partial charge in [-0.15, -0.1) is 0 Å². The fourth-order valence-corrected chi connectivity index (χ4v) is 1.49. The Balaban J connectivity index is 2.67. The summed E-state index contributed by atoms with van der Waals surface area (Å²) in [6.45, 7) is 0.0721. The van der Waals surface area contributed by atoms with Gasteiger partial charge in [-0.25, -0.2) is 4.79 Å². The van der Waals surface area contributed by atoms with E-state index in [1.165, 1.54) is 24.3 Å². The monoisotopic (exact) mass is 301 g/mol. The highest BCUT2D eigenvalue weighted by atomic mass is 79.9. The summed E-state index contributed by atoms with van der Waals surface area (Å²) in [7, 11) is 0. The first kappa shape index (κ1) is 13.2. The van der Waals surface area contributed by atoms with Crippen molar-refractivity contribution in [2.75, 3.05) is 6.61 Å². The number of aliphatic carboxylic acids is 1. The van der Waals surface area contributed by atoms with Crippen LogP contribution in [0.25, 0.3) is 0 Å². The zero-order valence-electron chi connectivity index (χ0n) is 8.50. The van der Waals surface area contributed by atoms with E-state index >= 15 is 0 Å². The van der Waals surface area contributed by atoms with Gasteiger partial charge in [-0.2, -0.15) is 0 Å². The molecule has 1 N–H and O–H groups in total. The van der Waals surface area contributed by atoms with Crippen LogP contribution in [0.4, 0.5) is 5.69 Å². The van der Waals surface area contributed by atoms with Gasteiger partial charge in [-0.05, 0) is 28.1 Å². The molecule has 0 fully saturated rings. The van der Waals surface area contributed by atoms with Crippen molar-refractivity contribution in [2.45, 2.75) is 0 Å². The van der Waals surface area contributed by atoms with Crippen molar-refractivity contribution in [3.8, 4) is 5.75 Å². The van der Waals surface area contributed by atoms with Crippen molar-refractivity contribution in [1.29, 1.82) is 0 Å². The second-order valence-corrected chi connectivity index (χ2v) is 3.78. The van der Waals surface area contributed by atoms with Crippen molar-refractivity contribution in [3.63, 3.8) is 0 Å². The van der Waals surface area contributed by atoms with Gasteiger partial charge in [0, 0.05) is 18.2 Å². The smallest absolute Gasteiger partial charge is 0.328 e. The summed E-state index contributed by atoms with van der Waals surface area (Å²) in [5.41, 5.74) is -0.0506. The van der Waals surface area contributed by atoms with Crippen molar-refractivity contribution < 1.29 is 19.6 Å². The lowest BCUT2D eigenvalue weighted by atomic mass is 10.3. The SMILES string of the molecule is O=C(O)C=CCOc1ccc([N+](=O)[O-])cc1Br. The number of rotatable bonds is 5. The number of nitrogens with zero attached hydrogens (tertiary/aromatic N) is 1. The number of carboxylic acid groups (broad SMARTS) is 1. The van der Waals surface area contributed by atoms with E-state index in [4.69, 9.17) is 9.84 Å². The van der Waals surface area contributed by atoms with Crippen molar-refractivity contribution in [3.05, 3.63) is 44.9 Å². The van der Waals surface area contributed by atoms with Gasteiger partial charge in [0.2, 0.25) is 0 Å². The van der Waals surface area contributed by atoms with Gasteiger partial charge in [0.25, 0.3) is 5.69 Å². The van der Waals surface area contributed by atoms with Gasteiger partial charge in [0.05, 0.1) is 9.40 Å². The molecule has 0 amide bonds. The van der Waals surface area contributed by atoms with E-state index in [-0.39, 0.29) is 12.3 Å². The number of nitro groups is 1. The highest BCUT2D eigenvalue weighted by Gasteiger charge is 2.09. The van der Waals surface area contributed by atoms with Crippen LogP contribution < -0.4 is 4.74 Å². The Labute approximate surface area is 105 Å². The summed E-state index contributed by atoms with van der Waals surface area (Å²) < 4.78 is 5.64. The first-order valence-corrected chi connectivity index (χ1v) is 5.26. The molecule has 1 aromatic carbocycles. The number of halogens is 1. The molecule has 1 aromatic rings. The third-order valence-electron chi connectivity index (χ3n) is 1.72. The molecule has 0 aliphatic heterocycles. The van der Waals surface area contributed by atoms with Crippen molar-refractivity contribution in [2.24, 2.45) is 0 Å². The van der Waals surface area contributed by atoms with Crippen LogP contribution in [0.15, 0.2) is 34.8 Å². The Morgan fingerprint density at radius 1 is 1.59 bits per heavy atom. The predicted octanol–water partition coefficient (Wildman–Crippen LogP) is 2.38. The maximum absolute atomic E-state index is 10.5. The molecule has 0 spiro atoms. The summed E-state index contributed by atoms with van der Waals surface area (Å²) >= 11 is 3.13. The molecule has 1 rings (SSSR count). The minimum atomic E-state index is -1.06.